The van der Waals surface area contributed by atoms with E-state index in [0.717, 1.165) is 6.61 Å². The molecule has 1 heterocycles. The van der Waals surface area contributed by atoms with Gasteiger partial charge >= 0.3 is 0 Å². The van der Waals surface area contributed by atoms with Crippen molar-refractivity contribution in [2.24, 2.45) is 5.92 Å². The number of ether oxygens (including phenoxy) is 1. The first-order valence-electron chi connectivity index (χ1n) is 2.60. The molecule has 0 N–H and O–H groups in total. The monoisotopic (exact) mass is 118 g/mol. The van der Waals surface area contributed by atoms with Gasteiger partial charge in [0.1, 0.15) is 5.44 Å². The van der Waals surface area contributed by atoms with E-state index in [2.05, 4.69) is 19.6 Å². The minimum atomic E-state index is 0.208. The van der Waals surface area contributed by atoms with Gasteiger partial charge in [-0.25, -0.2) is 0 Å². The smallest absolute Gasteiger partial charge is 0.103 e. The van der Waals surface area contributed by atoms with E-state index in [4.69, 9.17) is 4.74 Å². The third kappa shape index (κ3) is 1.10. The summed E-state index contributed by atoms with van der Waals surface area (Å²) in [5.41, 5.74) is 0.208. The van der Waals surface area contributed by atoms with Crippen LogP contribution in [0.1, 0.15) is 13.3 Å². The Morgan fingerprint density at radius 1 is 1.71 bits per heavy atom. The fourth-order valence-electron chi connectivity index (χ4n) is 0.682. The Hall–Kier alpha value is 0.310. The summed E-state index contributed by atoms with van der Waals surface area (Å²) in [6.07, 6.45) is 1.17. The van der Waals surface area contributed by atoms with Gasteiger partial charge in [0.25, 0.3) is 0 Å². The molecule has 1 aliphatic rings. The summed E-state index contributed by atoms with van der Waals surface area (Å²) in [7, 11) is 0. The van der Waals surface area contributed by atoms with E-state index in [0.29, 0.717) is 5.92 Å². The van der Waals surface area contributed by atoms with Gasteiger partial charge in [0.05, 0.1) is 0 Å². The van der Waals surface area contributed by atoms with Crippen LogP contribution in [0.3, 0.4) is 0 Å². The molecule has 2 heteroatoms. The molecule has 0 aromatic heterocycles. The number of hydrogen-bond acceptors (Lipinski definition) is 2. The van der Waals surface area contributed by atoms with Crippen LogP contribution in [0, 0.1) is 5.92 Å². The Kier molecular flexibility index (Phi) is 1.60. The van der Waals surface area contributed by atoms with E-state index < -0.39 is 0 Å². The summed E-state index contributed by atoms with van der Waals surface area (Å²) in [4.78, 5) is 0. The first-order chi connectivity index (χ1) is 3.30. The van der Waals surface area contributed by atoms with Crippen LogP contribution in [0.2, 0.25) is 0 Å². The summed E-state index contributed by atoms with van der Waals surface area (Å²) < 4.78 is 5.13. The quantitative estimate of drug-likeness (QED) is 0.472. The van der Waals surface area contributed by atoms with Crippen LogP contribution < -0.4 is 0 Å². The number of rotatable bonds is 0. The normalized spacial score (nSPS) is 42.0. The Balaban J connectivity index is 2.33. The Morgan fingerprint density at radius 3 is 2.57 bits per heavy atom. The summed E-state index contributed by atoms with van der Waals surface area (Å²) in [6.45, 7) is 3.06. The second-order valence-electron chi connectivity index (χ2n) is 2.03. The minimum Gasteiger partial charge on any atom is -0.368 e. The van der Waals surface area contributed by atoms with Crippen molar-refractivity contribution >= 4 is 12.6 Å². The van der Waals surface area contributed by atoms with E-state index >= 15 is 0 Å². The maximum absolute atomic E-state index is 5.13. The highest BCUT2D eigenvalue weighted by Gasteiger charge is 2.19. The first-order valence-corrected chi connectivity index (χ1v) is 3.12. The van der Waals surface area contributed by atoms with Crippen molar-refractivity contribution in [2.75, 3.05) is 6.61 Å². The van der Waals surface area contributed by atoms with Gasteiger partial charge in [-0.05, 0) is 12.3 Å². The summed E-state index contributed by atoms with van der Waals surface area (Å²) >= 11 is 4.17. The van der Waals surface area contributed by atoms with Gasteiger partial charge < -0.3 is 4.74 Å². The van der Waals surface area contributed by atoms with E-state index in [1.54, 1.807) is 0 Å². The molecule has 1 aliphatic heterocycles. The van der Waals surface area contributed by atoms with Gasteiger partial charge in [-0.15, -0.1) is 12.6 Å². The second-order valence-corrected chi connectivity index (χ2v) is 2.54. The zero-order chi connectivity index (χ0) is 5.28. The maximum atomic E-state index is 5.13. The maximum Gasteiger partial charge on any atom is 0.103 e. The van der Waals surface area contributed by atoms with Crippen molar-refractivity contribution in [3.63, 3.8) is 0 Å². The largest absolute Gasteiger partial charge is 0.368 e. The number of hydrogen-bond donors (Lipinski definition) is 1. The van der Waals surface area contributed by atoms with Crippen LogP contribution >= 0.6 is 12.6 Å². The SMILES string of the molecule is CC1CCOC1S. The predicted octanol–water partition coefficient (Wildman–Crippen LogP) is 1.30. The Labute approximate surface area is 49.5 Å². The molecule has 42 valence electrons. The molecule has 0 aromatic carbocycles. The molecule has 0 radical (unpaired) electrons. The average Bonchev–Trinajstić information content (AvgIpc) is 1.91. The number of thiol groups is 1. The molecule has 1 saturated heterocycles. The predicted molar refractivity (Wildman–Crippen MR) is 32.5 cm³/mol. The molecule has 2 unspecified atom stereocenters. The lowest BCUT2D eigenvalue weighted by molar-refractivity contribution is 0.163. The third-order valence-corrected chi connectivity index (χ3v) is 2.01. The van der Waals surface area contributed by atoms with Crippen molar-refractivity contribution in [3.05, 3.63) is 0 Å². The van der Waals surface area contributed by atoms with Gasteiger partial charge in [-0.3, -0.25) is 0 Å². The van der Waals surface area contributed by atoms with E-state index in [9.17, 15) is 0 Å². The Morgan fingerprint density at radius 2 is 2.43 bits per heavy atom. The summed E-state index contributed by atoms with van der Waals surface area (Å²) in [5, 5.41) is 0. The standard InChI is InChI=1S/C5H10OS/c1-4-2-3-6-5(4)7/h4-5,7H,2-3H2,1H3. The molecule has 7 heavy (non-hydrogen) atoms. The van der Waals surface area contributed by atoms with Gasteiger partial charge in [0.2, 0.25) is 0 Å². The second kappa shape index (κ2) is 2.05. The van der Waals surface area contributed by atoms with Crippen molar-refractivity contribution in [2.45, 2.75) is 18.8 Å². The van der Waals surface area contributed by atoms with Crippen LogP contribution in [-0.2, 0) is 4.74 Å². The van der Waals surface area contributed by atoms with Gasteiger partial charge in [-0.1, -0.05) is 6.92 Å². The molecule has 0 saturated carbocycles. The molecule has 0 spiro atoms. The van der Waals surface area contributed by atoms with Crippen molar-refractivity contribution in [3.8, 4) is 0 Å². The zero-order valence-corrected chi connectivity index (χ0v) is 5.32. The molecule has 0 amide bonds. The minimum absolute atomic E-state index is 0.208. The van der Waals surface area contributed by atoms with Crippen LogP contribution in [0.5, 0.6) is 0 Å². The first kappa shape index (κ1) is 5.45. The van der Waals surface area contributed by atoms with Crippen molar-refractivity contribution in [1.29, 1.82) is 0 Å². The average molecular weight is 118 g/mol. The molecule has 1 fully saturated rings. The van der Waals surface area contributed by atoms with Crippen LogP contribution in [-0.4, -0.2) is 12.0 Å². The van der Waals surface area contributed by atoms with Crippen LogP contribution in [0.4, 0.5) is 0 Å². The van der Waals surface area contributed by atoms with Crippen molar-refractivity contribution < 1.29 is 4.74 Å². The Bertz CT molecular complexity index is 57.1. The molecule has 1 rings (SSSR count). The fourth-order valence-corrected chi connectivity index (χ4v) is 0.936. The molecule has 0 bridgehead atoms. The lowest BCUT2D eigenvalue weighted by Gasteiger charge is -2.03. The molecular weight excluding hydrogens is 108 g/mol. The highest BCUT2D eigenvalue weighted by molar-refractivity contribution is 7.80. The molecule has 1 nitrogen and oxygen atoms in total. The highest BCUT2D eigenvalue weighted by Crippen LogP contribution is 2.21. The lowest BCUT2D eigenvalue weighted by atomic mass is 10.2. The van der Waals surface area contributed by atoms with Crippen LogP contribution in [0.25, 0.3) is 0 Å². The zero-order valence-electron chi connectivity index (χ0n) is 4.42. The van der Waals surface area contributed by atoms with Gasteiger partial charge in [0.15, 0.2) is 0 Å². The van der Waals surface area contributed by atoms with E-state index in [-0.39, 0.29) is 5.44 Å². The summed E-state index contributed by atoms with van der Waals surface area (Å²) in [6, 6.07) is 0. The van der Waals surface area contributed by atoms with E-state index in [1.165, 1.54) is 6.42 Å². The molecule has 0 aromatic rings. The summed E-state index contributed by atoms with van der Waals surface area (Å²) in [5.74, 6) is 0.656. The van der Waals surface area contributed by atoms with Crippen molar-refractivity contribution in [1.82, 2.24) is 0 Å². The van der Waals surface area contributed by atoms with Gasteiger partial charge in [0, 0.05) is 6.61 Å². The highest BCUT2D eigenvalue weighted by atomic mass is 32.1. The molecular formula is C5H10OS. The third-order valence-electron chi connectivity index (χ3n) is 1.35. The fraction of sp³-hybridized carbons (Fsp3) is 1.00. The van der Waals surface area contributed by atoms with Gasteiger partial charge in [-0.2, -0.15) is 0 Å². The topological polar surface area (TPSA) is 9.23 Å². The molecule has 0 aliphatic carbocycles. The lowest BCUT2D eigenvalue weighted by Crippen LogP contribution is -2.02. The van der Waals surface area contributed by atoms with E-state index in [1.807, 2.05) is 0 Å². The molecule has 2 atom stereocenters. The van der Waals surface area contributed by atoms with Crippen LogP contribution in [0.15, 0.2) is 0 Å².